The van der Waals surface area contributed by atoms with Gasteiger partial charge in [-0.1, -0.05) is 23.8 Å². The molecule has 3 rings (SSSR count). The van der Waals surface area contributed by atoms with E-state index in [1.165, 1.54) is 0 Å². The number of nitrogen functional groups attached to an aromatic ring is 1. The number of rotatable bonds is 11. The second kappa shape index (κ2) is 12.2. The molecule has 0 aliphatic rings. The molecular formula is C29H37N5O3. The average Bonchev–Trinajstić information content (AvgIpc) is 2.83. The van der Waals surface area contributed by atoms with Crippen molar-refractivity contribution in [3.8, 4) is 11.5 Å². The Morgan fingerprint density at radius 2 is 1.62 bits per heavy atom. The van der Waals surface area contributed by atoms with Gasteiger partial charge >= 0.3 is 0 Å². The van der Waals surface area contributed by atoms with Gasteiger partial charge in [-0.05, 0) is 94.6 Å². The maximum atomic E-state index is 13.6. The number of amides is 1. The van der Waals surface area contributed by atoms with Gasteiger partial charge in [0, 0.05) is 11.3 Å². The number of amidine groups is 1. The Hall–Kier alpha value is -4.20. The normalized spacial score (nSPS) is 11.5. The minimum Gasteiger partial charge on any atom is -0.490 e. The van der Waals surface area contributed by atoms with Crippen LogP contribution in [0, 0.1) is 26.2 Å². The summed E-state index contributed by atoms with van der Waals surface area (Å²) >= 11 is 0. The van der Waals surface area contributed by atoms with Crippen molar-refractivity contribution in [2.75, 3.05) is 17.3 Å². The minimum absolute atomic E-state index is 0.0176. The molecule has 0 heterocycles. The fourth-order valence-corrected chi connectivity index (χ4v) is 4.11. The molecular weight excluding hydrogens is 466 g/mol. The van der Waals surface area contributed by atoms with E-state index >= 15 is 0 Å². The molecule has 0 radical (unpaired) electrons. The van der Waals surface area contributed by atoms with Crippen LogP contribution >= 0.6 is 0 Å². The Bertz CT molecular complexity index is 1230. The number of ether oxygens (including phenoxy) is 2. The molecule has 1 unspecified atom stereocenters. The summed E-state index contributed by atoms with van der Waals surface area (Å²) in [6.07, 6.45) is -0.0211. The third-order valence-corrected chi connectivity index (χ3v) is 5.72. The summed E-state index contributed by atoms with van der Waals surface area (Å²) in [7, 11) is 0. The number of aryl methyl sites for hydroxylation is 3. The van der Waals surface area contributed by atoms with Gasteiger partial charge in [-0.15, -0.1) is 0 Å². The van der Waals surface area contributed by atoms with Crippen LogP contribution in [-0.2, 0) is 4.79 Å². The molecule has 0 aliphatic carbocycles. The molecule has 0 saturated carbocycles. The first kappa shape index (κ1) is 27.4. The number of anilines is 2. The van der Waals surface area contributed by atoms with E-state index in [1.807, 2.05) is 59.7 Å². The quantitative estimate of drug-likeness (QED) is 0.136. The molecule has 0 bridgehead atoms. The summed E-state index contributed by atoms with van der Waals surface area (Å²) in [5, 5.41) is 10.9. The largest absolute Gasteiger partial charge is 0.490 e. The molecule has 3 aromatic carbocycles. The first-order valence-electron chi connectivity index (χ1n) is 12.4. The van der Waals surface area contributed by atoms with Crippen LogP contribution in [0.1, 0.15) is 54.6 Å². The molecule has 37 heavy (non-hydrogen) atoms. The smallest absolute Gasteiger partial charge is 0.265 e. The van der Waals surface area contributed by atoms with Crippen LogP contribution in [0.25, 0.3) is 0 Å². The SMILES string of the molecule is CCOc1cc(C(Nc2ccc(C(=N)N)cc2)C(=O)NNc2c(C)cc(C)cc2C)ccc1OC(C)C. The van der Waals surface area contributed by atoms with Crippen LogP contribution in [0.5, 0.6) is 11.5 Å². The number of hydrazine groups is 1. The van der Waals surface area contributed by atoms with Crippen molar-refractivity contribution in [1.82, 2.24) is 5.43 Å². The number of hydrogen-bond acceptors (Lipinski definition) is 6. The van der Waals surface area contributed by atoms with Gasteiger partial charge < -0.3 is 20.5 Å². The third kappa shape index (κ3) is 7.16. The van der Waals surface area contributed by atoms with E-state index in [1.54, 1.807) is 24.3 Å². The Balaban J connectivity index is 1.94. The van der Waals surface area contributed by atoms with Crippen LogP contribution in [0.15, 0.2) is 54.6 Å². The second-order valence-electron chi connectivity index (χ2n) is 9.26. The van der Waals surface area contributed by atoms with Crippen molar-refractivity contribution >= 4 is 23.1 Å². The predicted octanol–water partition coefficient (Wildman–Crippen LogP) is 5.38. The highest BCUT2D eigenvalue weighted by Crippen LogP contribution is 2.33. The number of carbonyl (C=O) groups excluding carboxylic acids is 1. The van der Waals surface area contributed by atoms with Gasteiger partial charge in [0.05, 0.1) is 18.4 Å². The lowest BCUT2D eigenvalue weighted by Gasteiger charge is -2.23. The van der Waals surface area contributed by atoms with Gasteiger partial charge in [0.2, 0.25) is 0 Å². The van der Waals surface area contributed by atoms with Crippen molar-refractivity contribution in [2.24, 2.45) is 5.73 Å². The molecule has 1 amide bonds. The summed E-state index contributed by atoms with van der Waals surface area (Å²) in [4.78, 5) is 13.6. The van der Waals surface area contributed by atoms with Crippen molar-refractivity contribution in [1.29, 1.82) is 5.41 Å². The Labute approximate surface area is 219 Å². The van der Waals surface area contributed by atoms with Crippen LogP contribution in [0.3, 0.4) is 0 Å². The highest BCUT2D eigenvalue weighted by Gasteiger charge is 2.23. The Morgan fingerprint density at radius 1 is 0.973 bits per heavy atom. The van der Waals surface area contributed by atoms with Gasteiger partial charge in [-0.3, -0.25) is 21.1 Å². The maximum absolute atomic E-state index is 13.6. The van der Waals surface area contributed by atoms with Crippen LogP contribution < -0.4 is 31.4 Å². The topological polar surface area (TPSA) is 121 Å². The lowest BCUT2D eigenvalue weighted by molar-refractivity contribution is -0.121. The molecule has 0 spiro atoms. The summed E-state index contributed by atoms with van der Waals surface area (Å²) < 4.78 is 11.7. The molecule has 0 saturated heterocycles. The number of nitrogens with two attached hydrogens (primary N) is 1. The highest BCUT2D eigenvalue weighted by atomic mass is 16.5. The predicted molar refractivity (Wildman–Crippen MR) is 150 cm³/mol. The highest BCUT2D eigenvalue weighted by molar-refractivity contribution is 5.95. The molecule has 8 heteroatoms. The molecule has 0 aliphatic heterocycles. The van der Waals surface area contributed by atoms with Crippen molar-refractivity contribution in [3.05, 3.63) is 82.4 Å². The number of benzene rings is 3. The Kier molecular flexibility index (Phi) is 9.00. The zero-order chi connectivity index (χ0) is 27.1. The van der Waals surface area contributed by atoms with Crippen molar-refractivity contribution in [2.45, 2.75) is 53.7 Å². The molecule has 196 valence electrons. The number of hydrogen-bond donors (Lipinski definition) is 5. The van der Waals surface area contributed by atoms with Gasteiger partial charge in [0.1, 0.15) is 11.9 Å². The molecule has 8 nitrogen and oxygen atoms in total. The second-order valence-corrected chi connectivity index (χ2v) is 9.26. The molecule has 3 aromatic rings. The first-order chi connectivity index (χ1) is 17.6. The fraction of sp³-hybridized carbons (Fsp3) is 0.310. The van der Waals surface area contributed by atoms with Crippen molar-refractivity contribution < 1.29 is 14.3 Å². The summed E-state index contributed by atoms with van der Waals surface area (Å²) in [5.41, 5.74) is 17.7. The molecule has 0 aromatic heterocycles. The van der Waals surface area contributed by atoms with E-state index < -0.39 is 6.04 Å². The molecule has 0 fully saturated rings. The lowest BCUT2D eigenvalue weighted by Crippen LogP contribution is -2.37. The Morgan fingerprint density at radius 3 is 2.19 bits per heavy atom. The van der Waals surface area contributed by atoms with Crippen LogP contribution in [0.2, 0.25) is 0 Å². The van der Waals surface area contributed by atoms with Gasteiger partial charge in [0.25, 0.3) is 5.91 Å². The van der Waals surface area contributed by atoms with E-state index in [2.05, 4.69) is 28.3 Å². The molecule has 1 atom stereocenters. The fourth-order valence-electron chi connectivity index (χ4n) is 4.11. The monoisotopic (exact) mass is 503 g/mol. The average molecular weight is 504 g/mol. The minimum atomic E-state index is -0.756. The zero-order valence-corrected chi connectivity index (χ0v) is 22.4. The van der Waals surface area contributed by atoms with Crippen molar-refractivity contribution in [3.63, 3.8) is 0 Å². The summed E-state index contributed by atoms with van der Waals surface area (Å²) in [6, 6.07) is 15.9. The standard InChI is InChI=1S/C29H37N5O3/c1-7-36-25-16-22(10-13-24(25)37-17(2)3)27(32-23-11-8-21(9-12-23)28(30)31)29(35)34-33-26-19(5)14-18(4)15-20(26)6/h8-17,27,32-33H,7H2,1-6H3,(H3,30,31)(H,34,35). The third-order valence-electron chi connectivity index (χ3n) is 5.72. The number of nitrogens with one attached hydrogen (secondary N) is 4. The van der Waals surface area contributed by atoms with Gasteiger partial charge in [0.15, 0.2) is 11.5 Å². The van der Waals surface area contributed by atoms with E-state index in [0.717, 1.165) is 22.4 Å². The lowest BCUT2D eigenvalue weighted by atomic mass is 10.0. The van der Waals surface area contributed by atoms with E-state index in [-0.39, 0.29) is 17.8 Å². The zero-order valence-electron chi connectivity index (χ0n) is 22.4. The van der Waals surface area contributed by atoms with Gasteiger partial charge in [-0.2, -0.15) is 0 Å². The summed E-state index contributed by atoms with van der Waals surface area (Å²) in [6.45, 7) is 12.3. The first-order valence-corrected chi connectivity index (χ1v) is 12.4. The van der Waals surface area contributed by atoms with Gasteiger partial charge in [-0.25, -0.2) is 0 Å². The van der Waals surface area contributed by atoms with E-state index in [4.69, 9.17) is 20.6 Å². The van der Waals surface area contributed by atoms with E-state index in [0.29, 0.717) is 34.9 Å². The maximum Gasteiger partial charge on any atom is 0.265 e. The van der Waals surface area contributed by atoms with E-state index in [9.17, 15) is 4.79 Å². The summed E-state index contributed by atoms with van der Waals surface area (Å²) in [5.74, 6) is 0.888. The van der Waals surface area contributed by atoms with Crippen LogP contribution in [-0.4, -0.2) is 24.5 Å². The molecule has 6 N–H and O–H groups in total. The van der Waals surface area contributed by atoms with Crippen LogP contribution in [0.4, 0.5) is 11.4 Å². The number of carbonyl (C=O) groups is 1.